The summed E-state index contributed by atoms with van der Waals surface area (Å²) in [5, 5.41) is 5.15. The van der Waals surface area contributed by atoms with Crippen molar-refractivity contribution in [2.75, 3.05) is 0 Å². The molecule has 5 heteroatoms. The second-order valence-corrected chi connectivity index (χ2v) is 5.71. The molecule has 1 aromatic heterocycles. The second kappa shape index (κ2) is 6.73. The van der Waals surface area contributed by atoms with E-state index in [4.69, 9.17) is 22.1 Å². The molecule has 1 heterocycles. The van der Waals surface area contributed by atoms with E-state index in [0.29, 0.717) is 6.61 Å². The van der Waals surface area contributed by atoms with E-state index in [1.165, 1.54) is 19.3 Å². The average Bonchev–Trinajstić information content (AvgIpc) is 2.55. The molecule has 19 heavy (non-hydrogen) atoms. The lowest BCUT2D eigenvalue weighted by atomic mass is 10.1. The lowest BCUT2D eigenvalue weighted by Crippen LogP contribution is -2.35. The van der Waals surface area contributed by atoms with Crippen LogP contribution in [0.5, 0.6) is 0 Å². The molecule has 1 saturated carbocycles. The highest BCUT2D eigenvalue weighted by Crippen LogP contribution is 2.24. The van der Waals surface area contributed by atoms with E-state index >= 15 is 0 Å². The highest BCUT2D eigenvalue weighted by Gasteiger charge is 2.22. The van der Waals surface area contributed by atoms with Crippen LogP contribution < -0.4 is 5.73 Å². The van der Waals surface area contributed by atoms with Gasteiger partial charge in [0.2, 0.25) is 0 Å². The highest BCUT2D eigenvalue weighted by atomic mass is 35.5. The zero-order chi connectivity index (χ0) is 13.8. The van der Waals surface area contributed by atoms with E-state index in [1.807, 2.05) is 11.7 Å². The fourth-order valence-electron chi connectivity index (χ4n) is 2.67. The number of aryl methyl sites for hydroxylation is 2. The molecule has 2 N–H and O–H groups in total. The minimum atomic E-state index is 0.151. The number of hydrogen-bond acceptors (Lipinski definition) is 3. The summed E-state index contributed by atoms with van der Waals surface area (Å²) in [5.74, 6) is 0. The number of aromatic nitrogens is 2. The lowest BCUT2D eigenvalue weighted by molar-refractivity contribution is 0.0164. The Labute approximate surface area is 120 Å². The number of nitrogens with two attached hydrogens (primary N) is 1. The highest BCUT2D eigenvalue weighted by molar-refractivity contribution is 6.31. The minimum Gasteiger partial charge on any atom is -0.370 e. The van der Waals surface area contributed by atoms with Gasteiger partial charge in [-0.05, 0) is 19.3 Å². The Bertz CT molecular complexity index is 419. The number of halogens is 1. The number of nitrogens with zero attached hydrogens (tertiary/aromatic N) is 2. The van der Waals surface area contributed by atoms with Crippen molar-refractivity contribution >= 4 is 11.6 Å². The van der Waals surface area contributed by atoms with Crippen molar-refractivity contribution in [3.05, 3.63) is 16.4 Å². The molecule has 2 atom stereocenters. The SMILES string of the molecule is CCc1nn(C)c(COC2CCCCCC2N)c1Cl. The first-order chi connectivity index (χ1) is 9.13. The Morgan fingerprint density at radius 1 is 1.37 bits per heavy atom. The summed E-state index contributed by atoms with van der Waals surface area (Å²) in [4.78, 5) is 0. The standard InChI is InChI=1S/C14H24ClN3O/c1-3-11-14(15)12(18(2)17-11)9-19-13-8-6-4-5-7-10(13)16/h10,13H,3-9,16H2,1-2H3. The summed E-state index contributed by atoms with van der Waals surface area (Å²) in [6.07, 6.45) is 6.79. The van der Waals surface area contributed by atoms with Gasteiger partial charge in [-0.3, -0.25) is 4.68 Å². The van der Waals surface area contributed by atoms with Crippen LogP contribution >= 0.6 is 11.6 Å². The Morgan fingerprint density at radius 2 is 2.11 bits per heavy atom. The smallest absolute Gasteiger partial charge is 0.0904 e. The molecule has 4 nitrogen and oxygen atoms in total. The van der Waals surface area contributed by atoms with Gasteiger partial charge in [0.15, 0.2) is 0 Å². The predicted octanol–water partition coefficient (Wildman–Crippen LogP) is 2.81. The maximum atomic E-state index is 6.32. The van der Waals surface area contributed by atoms with Gasteiger partial charge in [0, 0.05) is 13.1 Å². The van der Waals surface area contributed by atoms with Gasteiger partial charge in [-0.15, -0.1) is 0 Å². The molecule has 0 bridgehead atoms. The molecule has 1 fully saturated rings. The van der Waals surface area contributed by atoms with E-state index in [0.717, 1.165) is 35.7 Å². The van der Waals surface area contributed by atoms with Gasteiger partial charge >= 0.3 is 0 Å². The minimum absolute atomic E-state index is 0.151. The molecule has 0 saturated heterocycles. The molecule has 0 radical (unpaired) electrons. The molecule has 0 aliphatic heterocycles. The van der Waals surface area contributed by atoms with Crippen LogP contribution in [0.4, 0.5) is 0 Å². The van der Waals surface area contributed by atoms with Gasteiger partial charge < -0.3 is 10.5 Å². The van der Waals surface area contributed by atoms with Crippen LogP contribution in [-0.4, -0.2) is 21.9 Å². The molecule has 108 valence electrons. The van der Waals surface area contributed by atoms with Gasteiger partial charge in [0.05, 0.1) is 29.1 Å². The van der Waals surface area contributed by atoms with Crippen molar-refractivity contribution in [3.63, 3.8) is 0 Å². The zero-order valence-corrected chi connectivity index (χ0v) is 12.6. The van der Waals surface area contributed by atoms with Gasteiger partial charge in [-0.25, -0.2) is 0 Å². The van der Waals surface area contributed by atoms with Gasteiger partial charge in [0.25, 0.3) is 0 Å². The maximum Gasteiger partial charge on any atom is 0.0904 e. The van der Waals surface area contributed by atoms with E-state index in [1.54, 1.807) is 0 Å². The van der Waals surface area contributed by atoms with E-state index in [-0.39, 0.29) is 12.1 Å². The molecule has 0 spiro atoms. The Morgan fingerprint density at radius 3 is 2.79 bits per heavy atom. The summed E-state index contributed by atoms with van der Waals surface area (Å²) >= 11 is 6.32. The molecular weight excluding hydrogens is 262 g/mol. The van der Waals surface area contributed by atoms with Crippen LogP contribution in [-0.2, 0) is 24.8 Å². The number of hydrogen-bond donors (Lipinski definition) is 1. The summed E-state index contributed by atoms with van der Waals surface area (Å²) in [6.45, 7) is 2.56. The Balaban J connectivity index is 1.99. The van der Waals surface area contributed by atoms with Crippen LogP contribution in [0.1, 0.15) is 50.4 Å². The van der Waals surface area contributed by atoms with Crippen LogP contribution in [0.25, 0.3) is 0 Å². The van der Waals surface area contributed by atoms with Crippen LogP contribution in [0, 0.1) is 0 Å². The molecular formula is C14H24ClN3O. The maximum absolute atomic E-state index is 6.32. The van der Waals surface area contributed by atoms with Crippen molar-refractivity contribution in [1.82, 2.24) is 9.78 Å². The first-order valence-corrected chi connectivity index (χ1v) is 7.58. The molecule has 2 unspecified atom stereocenters. The molecule has 0 amide bonds. The third-order valence-electron chi connectivity index (χ3n) is 3.94. The molecule has 1 aromatic rings. The quantitative estimate of drug-likeness (QED) is 0.866. The van der Waals surface area contributed by atoms with Crippen molar-refractivity contribution in [1.29, 1.82) is 0 Å². The van der Waals surface area contributed by atoms with Crippen molar-refractivity contribution in [2.24, 2.45) is 12.8 Å². The van der Waals surface area contributed by atoms with E-state index < -0.39 is 0 Å². The molecule has 0 aromatic carbocycles. The predicted molar refractivity (Wildman–Crippen MR) is 77.2 cm³/mol. The van der Waals surface area contributed by atoms with Crippen molar-refractivity contribution in [2.45, 2.75) is 64.2 Å². The van der Waals surface area contributed by atoms with Gasteiger partial charge in [0.1, 0.15) is 0 Å². The van der Waals surface area contributed by atoms with Gasteiger partial charge in [-0.1, -0.05) is 37.8 Å². The van der Waals surface area contributed by atoms with Crippen molar-refractivity contribution < 1.29 is 4.74 Å². The third kappa shape index (κ3) is 3.50. The Hall–Kier alpha value is -0.580. The monoisotopic (exact) mass is 285 g/mol. The molecule has 2 rings (SSSR count). The first-order valence-electron chi connectivity index (χ1n) is 7.21. The van der Waals surface area contributed by atoms with Crippen LogP contribution in [0.2, 0.25) is 5.02 Å². The third-order valence-corrected chi connectivity index (χ3v) is 4.38. The van der Waals surface area contributed by atoms with E-state index in [2.05, 4.69) is 12.0 Å². The summed E-state index contributed by atoms with van der Waals surface area (Å²) in [6, 6.07) is 0.153. The van der Waals surface area contributed by atoms with Crippen molar-refractivity contribution in [3.8, 4) is 0 Å². The first kappa shape index (κ1) is 14.8. The fraction of sp³-hybridized carbons (Fsp3) is 0.786. The normalized spacial score (nSPS) is 24.4. The lowest BCUT2D eigenvalue weighted by Gasteiger charge is -2.21. The largest absolute Gasteiger partial charge is 0.370 e. The summed E-state index contributed by atoms with van der Waals surface area (Å²) < 4.78 is 7.83. The van der Waals surface area contributed by atoms with Crippen LogP contribution in [0.3, 0.4) is 0 Å². The zero-order valence-electron chi connectivity index (χ0n) is 11.9. The Kier molecular flexibility index (Phi) is 5.25. The van der Waals surface area contributed by atoms with Crippen LogP contribution in [0.15, 0.2) is 0 Å². The second-order valence-electron chi connectivity index (χ2n) is 5.34. The molecule has 1 aliphatic rings. The topological polar surface area (TPSA) is 53.1 Å². The van der Waals surface area contributed by atoms with Gasteiger partial charge in [-0.2, -0.15) is 5.10 Å². The molecule has 1 aliphatic carbocycles. The summed E-state index contributed by atoms with van der Waals surface area (Å²) in [7, 11) is 1.91. The fourth-order valence-corrected chi connectivity index (χ4v) is 3.02. The number of ether oxygens (including phenoxy) is 1. The number of rotatable bonds is 4. The summed E-state index contributed by atoms with van der Waals surface area (Å²) in [5.41, 5.74) is 8.06. The van der Waals surface area contributed by atoms with E-state index in [9.17, 15) is 0 Å². The average molecular weight is 286 g/mol.